The van der Waals surface area contributed by atoms with Crippen molar-refractivity contribution in [3.63, 3.8) is 0 Å². The van der Waals surface area contributed by atoms with Gasteiger partial charge in [-0.1, -0.05) is 37.3 Å². The average molecular weight is 375 g/mol. The van der Waals surface area contributed by atoms with Crippen LogP contribution in [0.5, 0.6) is 5.75 Å². The van der Waals surface area contributed by atoms with Gasteiger partial charge in [0.1, 0.15) is 12.0 Å². The van der Waals surface area contributed by atoms with E-state index in [1.54, 1.807) is 19.2 Å². The second-order valence-electron chi connectivity index (χ2n) is 6.96. The fourth-order valence-electron chi connectivity index (χ4n) is 3.38. The molecule has 0 spiro atoms. The van der Waals surface area contributed by atoms with Crippen LogP contribution in [0.1, 0.15) is 39.6 Å². The zero-order valence-electron chi connectivity index (χ0n) is 16.6. The first-order valence-electron chi connectivity index (χ1n) is 9.46. The summed E-state index contributed by atoms with van der Waals surface area (Å²) >= 11 is 0. The molecule has 0 atom stereocenters. The standard InChI is InChI=1S/C24H25NO3/c1-4-11-25(2)23-14-20(13-19-9-10-21(28-3)15-22(19)23)24(27)12-17-5-7-18(16-26)8-6-17/h5-10,13-16H,4,11-12H2,1-3H3. The predicted molar refractivity (Wildman–Crippen MR) is 114 cm³/mol. The molecule has 3 aromatic rings. The zero-order chi connectivity index (χ0) is 20.1. The van der Waals surface area contributed by atoms with Crippen molar-refractivity contribution in [2.45, 2.75) is 19.8 Å². The number of anilines is 1. The van der Waals surface area contributed by atoms with Gasteiger partial charge in [0.2, 0.25) is 0 Å². The molecule has 4 heteroatoms. The Morgan fingerprint density at radius 2 is 1.82 bits per heavy atom. The number of hydrogen-bond donors (Lipinski definition) is 0. The molecular weight excluding hydrogens is 350 g/mol. The van der Waals surface area contributed by atoms with Crippen molar-refractivity contribution in [3.8, 4) is 5.75 Å². The number of carbonyl (C=O) groups excluding carboxylic acids is 2. The van der Waals surface area contributed by atoms with Crippen molar-refractivity contribution in [2.75, 3.05) is 25.6 Å². The molecule has 0 aliphatic heterocycles. The van der Waals surface area contributed by atoms with E-state index < -0.39 is 0 Å². The summed E-state index contributed by atoms with van der Waals surface area (Å²) in [4.78, 5) is 25.9. The number of carbonyl (C=O) groups is 2. The first kappa shape index (κ1) is 19.6. The minimum absolute atomic E-state index is 0.0581. The Balaban J connectivity index is 1.99. The van der Waals surface area contributed by atoms with Crippen molar-refractivity contribution in [1.29, 1.82) is 0 Å². The summed E-state index contributed by atoms with van der Waals surface area (Å²) < 4.78 is 5.38. The second-order valence-corrected chi connectivity index (χ2v) is 6.96. The van der Waals surface area contributed by atoms with E-state index in [0.717, 1.165) is 47.0 Å². The van der Waals surface area contributed by atoms with Crippen molar-refractivity contribution >= 4 is 28.5 Å². The number of fused-ring (bicyclic) bond motifs is 1. The third-order valence-electron chi connectivity index (χ3n) is 4.91. The van der Waals surface area contributed by atoms with Crippen LogP contribution in [0.3, 0.4) is 0 Å². The van der Waals surface area contributed by atoms with Gasteiger partial charge in [-0.3, -0.25) is 9.59 Å². The lowest BCUT2D eigenvalue weighted by atomic mass is 9.97. The van der Waals surface area contributed by atoms with E-state index in [1.165, 1.54) is 0 Å². The summed E-state index contributed by atoms with van der Waals surface area (Å²) in [5.41, 5.74) is 3.22. The van der Waals surface area contributed by atoms with Gasteiger partial charge in [0.15, 0.2) is 5.78 Å². The molecule has 0 aromatic heterocycles. The molecule has 28 heavy (non-hydrogen) atoms. The molecule has 0 fully saturated rings. The molecule has 0 saturated carbocycles. The van der Waals surface area contributed by atoms with Gasteiger partial charge in [0.05, 0.1) is 7.11 Å². The Morgan fingerprint density at radius 1 is 1.07 bits per heavy atom. The number of Topliss-reactive ketones (excluding diaryl/α,β-unsaturated/α-hetero) is 1. The van der Waals surface area contributed by atoms with Gasteiger partial charge in [-0.2, -0.15) is 0 Å². The summed E-state index contributed by atoms with van der Waals surface area (Å²) in [6, 6.07) is 17.0. The molecule has 0 aliphatic carbocycles. The number of methoxy groups -OCH3 is 1. The van der Waals surface area contributed by atoms with E-state index in [-0.39, 0.29) is 5.78 Å². The Hall–Kier alpha value is -3.14. The smallest absolute Gasteiger partial charge is 0.167 e. The van der Waals surface area contributed by atoms with Crippen LogP contribution in [0.4, 0.5) is 5.69 Å². The highest BCUT2D eigenvalue weighted by Crippen LogP contribution is 2.32. The van der Waals surface area contributed by atoms with Gasteiger partial charge in [-0.25, -0.2) is 0 Å². The van der Waals surface area contributed by atoms with Crippen molar-refractivity contribution < 1.29 is 14.3 Å². The molecule has 0 radical (unpaired) electrons. The number of rotatable bonds is 8. The summed E-state index contributed by atoms with van der Waals surface area (Å²) in [5, 5.41) is 2.09. The summed E-state index contributed by atoms with van der Waals surface area (Å²) in [6.07, 6.45) is 2.12. The second kappa shape index (κ2) is 8.70. The van der Waals surface area contributed by atoms with Gasteiger partial charge in [-0.15, -0.1) is 0 Å². The molecule has 3 rings (SSSR count). The third kappa shape index (κ3) is 4.22. The summed E-state index contributed by atoms with van der Waals surface area (Å²) in [6.45, 7) is 3.04. The molecule has 0 amide bonds. The number of benzene rings is 3. The van der Waals surface area contributed by atoms with Crippen LogP contribution < -0.4 is 9.64 Å². The number of ether oxygens (including phenoxy) is 1. The molecule has 0 unspecified atom stereocenters. The van der Waals surface area contributed by atoms with Gasteiger partial charge >= 0.3 is 0 Å². The molecule has 4 nitrogen and oxygen atoms in total. The Kier molecular flexibility index (Phi) is 6.09. The van der Waals surface area contributed by atoms with Gasteiger partial charge < -0.3 is 9.64 Å². The molecule has 0 bridgehead atoms. The maximum atomic E-state index is 13.0. The molecule has 0 N–H and O–H groups in total. The highest BCUT2D eigenvalue weighted by Gasteiger charge is 2.14. The third-order valence-corrected chi connectivity index (χ3v) is 4.91. The van der Waals surface area contributed by atoms with Crippen LogP contribution in [0.15, 0.2) is 54.6 Å². The average Bonchev–Trinajstić information content (AvgIpc) is 2.73. The van der Waals surface area contributed by atoms with E-state index in [2.05, 4.69) is 11.8 Å². The van der Waals surface area contributed by atoms with Gasteiger partial charge in [0, 0.05) is 42.2 Å². The highest BCUT2D eigenvalue weighted by molar-refractivity contribution is 6.05. The molecule has 3 aromatic carbocycles. The van der Waals surface area contributed by atoms with Crippen LogP contribution in [0.2, 0.25) is 0 Å². The fraction of sp³-hybridized carbons (Fsp3) is 0.250. The number of hydrogen-bond acceptors (Lipinski definition) is 4. The number of ketones is 1. The van der Waals surface area contributed by atoms with E-state index in [1.807, 2.05) is 49.5 Å². The predicted octanol–water partition coefficient (Wildman–Crippen LogP) is 4.93. The Bertz CT molecular complexity index is 993. The fourth-order valence-corrected chi connectivity index (χ4v) is 3.38. The summed E-state index contributed by atoms with van der Waals surface area (Å²) in [7, 11) is 3.70. The van der Waals surface area contributed by atoms with Crippen LogP contribution in [0.25, 0.3) is 10.8 Å². The van der Waals surface area contributed by atoms with Gasteiger partial charge in [0.25, 0.3) is 0 Å². The molecule has 144 valence electrons. The van der Waals surface area contributed by atoms with Gasteiger partial charge in [-0.05, 0) is 41.6 Å². The van der Waals surface area contributed by atoms with E-state index >= 15 is 0 Å². The topological polar surface area (TPSA) is 46.6 Å². The van der Waals surface area contributed by atoms with E-state index in [4.69, 9.17) is 4.74 Å². The van der Waals surface area contributed by atoms with Crippen LogP contribution >= 0.6 is 0 Å². The normalized spacial score (nSPS) is 10.7. The minimum atomic E-state index is 0.0581. The molecule has 0 aliphatic rings. The van der Waals surface area contributed by atoms with Crippen LogP contribution in [0, 0.1) is 0 Å². The highest BCUT2D eigenvalue weighted by atomic mass is 16.5. The number of nitrogens with zero attached hydrogens (tertiary/aromatic N) is 1. The molecule has 0 saturated heterocycles. The van der Waals surface area contributed by atoms with Crippen LogP contribution in [-0.4, -0.2) is 32.8 Å². The maximum absolute atomic E-state index is 13.0. The largest absolute Gasteiger partial charge is 0.497 e. The van der Waals surface area contributed by atoms with Crippen molar-refractivity contribution in [3.05, 3.63) is 71.3 Å². The maximum Gasteiger partial charge on any atom is 0.167 e. The first-order valence-corrected chi connectivity index (χ1v) is 9.46. The summed E-state index contributed by atoms with van der Waals surface area (Å²) in [5.74, 6) is 0.857. The molecular formula is C24H25NO3. The Morgan fingerprint density at radius 3 is 2.46 bits per heavy atom. The van der Waals surface area contributed by atoms with E-state index in [0.29, 0.717) is 17.5 Å². The number of aldehydes is 1. The first-order chi connectivity index (χ1) is 13.5. The lowest BCUT2D eigenvalue weighted by molar-refractivity contribution is 0.0993. The van der Waals surface area contributed by atoms with Crippen LogP contribution in [-0.2, 0) is 6.42 Å². The zero-order valence-corrected chi connectivity index (χ0v) is 16.6. The quantitative estimate of drug-likeness (QED) is 0.414. The van der Waals surface area contributed by atoms with Crippen molar-refractivity contribution in [1.82, 2.24) is 0 Å². The lowest BCUT2D eigenvalue weighted by Gasteiger charge is -2.22. The van der Waals surface area contributed by atoms with E-state index in [9.17, 15) is 9.59 Å². The molecule has 0 heterocycles. The minimum Gasteiger partial charge on any atom is -0.497 e. The SMILES string of the molecule is CCCN(C)c1cc(C(=O)Cc2ccc(C=O)cc2)cc2ccc(OC)cc12. The Labute approximate surface area is 165 Å². The lowest BCUT2D eigenvalue weighted by Crippen LogP contribution is -2.18. The van der Waals surface area contributed by atoms with Crippen molar-refractivity contribution in [2.24, 2.45) is 0 Å². The monoisotopic (exact) mass is 375 g/mol.